The summed E-state index contributed by atoms with van der Waals surface area (Å²) in [6.45, 7) is 11.0. The summed E-state index contributed by atoms with van der Waals surface area (Å²) in [5, 5.41) is 2.70. The molecule has 2 aromatic carbocycles. The molecule has 162 valence electrons. The van der Waals surface area contributed by atoms with Crippen molar-refractivity contribution >= 4 is 33.5 Å². The molecule has 1 N–H and O–H groups in total. The topological polar surface area (TPSA) is 64.6 Å². The normalized spacial score (nSPS) is 11.7. The average Bonchev–Trinajstić information content (AvgIpc) is 2.65. The number of esters is 1. The Labute approximate surface area is 187 Å². The van der Waals surface area contributed by atoms with Gasteiger partial charge in [-0.25, -0.2) is 4.79 Å². The summed E-state index contributed by atoms with van der Waals surface area (Å²) in [6.07, 6.45) is 1.05. The summed E-state index contributed by atoms with van der Waals surface area (Å²) < 4.78 is 11.1. The fraction of sp³-hybridized carbons (Fsp3) is 0.417. The molecule has 0 saturated heterocycles. The zero-order valence-electron chi connectivity index (χ0n) is 18.5. The maximum Gasteiger partial charge on any atom is 0.340 e. The zero-order valence-corrected chi connectivity index (χ0v) is 20.1. The number of carbonyl (C=O) groups excluding carboxylic acids is 2. The minimum Gasteiger partial charge on any atom is -0.484 e. The van der Waals surface area contributed by atoms with E-state index in [1.807, 2.05) is 24.3 Å². The van der Waals surface area contributed by atoms with Crippen molar-refractivity contribution in [2.75, 3.05) is 19.0 Å². The SMILES string of the molecule is COC(=O)c1cc(Br)ccc1NC(=O)COc1ccc(C(C)(C)CC(C)(C)C)cc1. The number of benzene rings is 2. The second kappa shape index (κ2) is 9.65. The Balaban J connectivity index is 2.00. The van der Waals surface area contributed by atoms with Crippen LogP contribution in [0.25, 0.3) is 0 Å². The summed E-state index contributed by atoms with van der Waals surface area (Å²) >= 11 is 3.31. The smallest absolute Gasteiger partial charge is 0.340 e. The first kappa shape index (κ1) is 23.9. The van der Waals surface area contributed by atoms with Gasteiger partial charge in [0, 0.05) is 4.47 Å². The number of ether oxygens (including phenoxy) is 2. The van der Waals surface area contributed by atoms with Gasteiger partial charge < -0.3 is 14.8 Å². The quantitative estimate of drug-likeness (QED) is 0.501. The number of methoxy groups -OCH3 is 1. The van der Waals surface area contributed by atoms with Crippen LogP contribution in [0.15, 0.2) is 46.9 Å². The molecular formula is C24H30BrNO4. The Morgan fingerprint density at radius 2 is 1.63 bits per heavy atom. The molecular weight excluding hydrogens is 446 g/mol. The summed E-state index contributed by atoms with van der Waals surface area (Å²) in [6, 6.07) is 12.8. The second-order valence-electron chi connectivity index (χ2n) is 9.16. The Bertz CT molecular complexity index is 898. The van der Waals surface area contributed by atoms with Crippen LogP contribution in [0.4, 0.5) is 5.69 Å². The Morgan fingerprint density at radius 3 is 2.20 bits per heavy atom. The molecule has 0 radical (unpaired) electrons. The highest BCUT2D eigenvalue weighted by molar-refractivity contribution is 9.10. The maximum absolute atomic E-state index is 12.3. The van der Waals surface area contributed by atoms with E-state index in [-0.39, 0.29) is 28.9 Å². The van der Waals surface area contributed by atoms with Gasteiger partial charge in [-0.15, -0.1) is 0 Å². The molecule has 0 atom stereocenters. The molecule has 5 nitrogen and oxygen atoms in total. The van der Waals surface area contributed by atoms with Gasteiger partial charge in [0.25, 0.3) is 5.91 Å². The molecule has 0 unspecified atom stereocenters. The van der Waals surface area contributed by atoms with Crippen molar-refractivity contribution in [1.29, 1.82) is 0 Å². The molecule has 0 aromatic heterocycles. The van der Waals surface area contributed by atoms with Gasteiger partial charge in [0.15, 0.2) is 6.61 Å². The zero-order chi connectivity index (χ0) is 22.5. The molecule has 0 aliphatic carbocycles. The second-order valence-corrected chi connectivity index (χ2v) is 10.1. The number of halogens is 1. The molecule has 0 aliphatic rings. The molecule has 0 saturated carbocycles. The number of nitrogens with one attached hydrogen (secondary N) is 1. The van der Waals surface area contributed by atoms with Gasteiger partial charge in [0.05, 0.1) is 18.4 Å². The number of rotatable bonds is 7. The first-order valence-electron chi connectivity index (χ1n) is 9.82. The van der Waals surface area contributed by atoms with Crippen molar-refractivity contribution in [3.8, 4) is 5.75 Å². The van der Waals surface area contributed by atoms with E-state index < -0.39 is 5.97 Å². The average molecular weight is 476 g/mol. The van der Waals surface area contributed by atoms with Gasteiger partial charge in [-0.05, 0) is 53.1 Å². The van der Waals surface area contributed by atoms with E-state index in [0.717, 1.165) is 6.42 Å². The van der Waals surface area contributed by atoms with Crippen molar-refractivity contribution in [3.05, 3.63) is 58.1 Å². The lowest BCUT2D eigenvalue weighted by Gasteiger charge is -2.33. The summed E-state index contributed by atoms with van der Waals surface area (Å²) in [5.74, 6) is -0.273. The summed E-state index contributed by atoms with van der Waals surface area (Å²) in [4.78, 5) is 24.2. The number of hydrogen-bond acceptors (Lipinski definition) is 4. The van der Waals surface area contributed by atoms with E-state index >= 15 is 0 Å². The van der Waals surface area contributed by atoms with Crippen molar-refractivity contribution in [2.45, 2.75) is 46.5 Å². The third-order valence-electron chi connectivity index (χ3n) is 4.64. The van der Waals surface area contributed by atoms with Gasteiger partial charge >= 0.3 is 5.97 Å². The third kappa shape index (κ3) is 6.87. The van der Waals surface area contributed by atoms with E-state index in [0.29, 0.717) is 15.9 Å². The van der Waals surface area contributed by atoms with E-state index in [1.54, 1.807) is 18.2 Å². The molecule has 0 fully saturated rings. The molecule has 0 spiro atoms. The van der Waals surface area contributed by atoms with Crippen LogP contribution in [0.5, 0.6) is 5.75 Å². The van der Waals surface area contributed by atoms with E-state index in [9.17, 15) is 9.59 Å². The summed E-state index contributed by atoms with van der Waals surface area (Å²) in [7, 11) is 1.30. The van der Waals surface area contributed by atoms with Gasteiger partial charge in [-0.2, -0.15) is 0 Å². The van der Waals surface area contributed by atoms with Gasteiger partial charge in [0.2, 0.25) is 0 Å². The van der Waals surface area contributed by atoms with E-state index in [2.05, 4.69) is 55.9 Å². The molecule has 2 aromatic rings. The van der Waals surface area contributed by atoms with Crippen molar-refractivity contribution in [3.63, 3.8) is 0 Å². The fourth-order valence-electron chi connectivity index (χ4n) is 3.67. The first-order chi connectivity index (χ1) is 13.9. The molecule has 2 rings (SSSR count). The van der Waals surface area contributed by atoms with E-state index in [1.165, 1.54) is 12.7 Å². The lowest BCUT2D eigenvalue weighted by Crippen LogP contribution is -2.24. The van der Waals surface area contributed by atoms with Crippen LogP contribution in [0, 0.1) is 5.41 Å². The first-order valence-corrected chi connectivity index (χ1v) is 10.6. The number of hydrogen-bond donors (Lipinski definition) is 1. The monoisotopic (exact) mass is 475 g/mol. The maximum atomic E-state index is 12.3. The predicted molar refractivity (Wildman–Crippen MR) is 123 cm³/mol. The highest BCUT2D eigenvalue weighted by Crippen LogP contribution is 2.36. The lowest BCUT2D eigenvalue weighted by molar-refractivity contribution is -0.118. The van der Waals surface area contributed by atoms with Crippen molar-refractivity contribution < 1.29 is 19.1 Å². The molecule has 1 amide bonds. The van der Waals surface area contributed by atoms with Crippen LogP contribution in [-0.2, 0) is 14.9 Å². The van der Waals surface area contributed by atoms with Crippen molar-refractivity contribution in [2.24, 2.45) is 5.41 Å². The largest absolute Gasteiger partial charge is 0.484 e. The van der Waals surface area contributed by atoms with Gasteiger partial charge in [-0.3, -0.25) is 4.79 Å². The van der Waals surface area contributed by atoms with Gasteiger partial charge in [0.1, 0.15) is 5.75 Å². The fourth-order valence-corrected chi connectivity index (χ4v) is 4.03. The standard InChI is InChI=1S/C24H30BrNO4/c1-23(2,3)15-24(4,5)16-7-10-18(11-8-16)30-14-21(27)26-20-12-9-17(25)13-19(20)22(28)29-6/h7-13H,14-15H2,1-6H3,(H,26,27). The Kier molecular flexibility index (Phi) is 7.70. The van der Waals surface area contributed by atoms with Crippen LogP contribution in [0.3, 0.4) is 0 Å². The molecule has 6 heteroatoms. The molecule has 0 heterocycles. The highest BCUT2D eigenvalue weighted by atomic mass is 79.9. The van der Waals surface area contributed by atoms with Crippen LogP contribution in [0.1, 0.15) is 57.0 Å². The minimum atomic E-state index is -0.527. The Morgan fingerprint density at radius 1 is 1.00 bits per heavy atom. The van der Waals surface area contributed by atoms with Crippen molar-refractivity contribution in [1.82, 2.24) is 0 Å². The number of carbonyl (C=O) groups is 2. The van der Waals surface area contributed by atoms with Gasteiger partial charge in [-0.1, -0.05) is 62.7 Å². The number of anilines is 1. The molecule has 0 aliphatic heterocycles. The van der Waals surface area contributed by atoms with Crippen LogP contribution in [0.2, 0.25) is 0 Å². The number of amides is 1. The molecule has 30 heavy (non-hydrogen) atoms. The summed E-state index contributed by atoms with van der Waals surface area (Å²) in [5.41, 5.74) is 2.14. The third-order valence-corrected chi connectivity index (χ3v) is 5.13. The van der Waals surface area contributed by atoms with E-state index in [4.69, 9.17) is 9.47 Å². The highest BCUT2D eigenvalue weighted by Gasteiger charge is 2.27. The predicted octanol–water partition coefficient (Wildman–Crippen LogP) is 5.97. The van der Waals surface area contributed by atoms with Crippen LogP contribution >= 0.6 is 15.9 Å². The van der Waals surface area contributed by atoms with Crippen LogP contribution < -0.4 is 10.1 Å². The lowest BCUT2D eigenvalue weighted by atomic mass is 9.72. The molecule has 0 bridgehead atoms. The minimum absolute atomic E-state index is 0.0417. The Hall–Kier alpha value is -2.34. The van der Waals surface area contributed by atoms with Crippen LogP contribution in [-0.4, -0.2) is 25.6 Å².